The van der Waals surface area contributed by atoms with Crippen LogP contribution in [0.3, 0.4) is 0 Å². The molecule has 0 unspecified atom stereocenters. The molecule has 1 atom stereocenters. The van der Waals surface area contributed by atoms with Crippen LogP contribution in [0.4, 0.5) is 0 Å². The summed E-state index contributed by atoms with van der Waals surface area (Å²) in [4.78, 5) is 10.9. The maximum Gasteiger partial charge on any atom is 0.305 e. The van der Waals surface area contributed by atoms with Crippen LogP contribution in [0, 0.1) is 0 Å². The summed E-state index contributed by atoms with van der Waals surface area (Å²) in [6.07, 6.45) is 15.0. The second-order valence-electron chi connectivity index (χ2n) is 5.37. The highest BCUT2D eigenvalue weighted by Gasteiger charge is 1.99. The molecule has 0 spiro atoms. The maximum atomic E-state index is 10.9. The molecular formula is C17H34O2. The van der Waals surface area contributed by atoms with Gasteiger partial charge in [0.05, 0.1) is 7.11 Å². The predicted molar refractivity (Wildman–Crippen MR) is 82.3 cm³/mol. The van der Waals surface area contributed by atoms with Gasteiger partial charge in [-0.1, -0.05) is 83.9 Å². The summed E-state index contributed by atoms with van der Waals surface area (Å²) in [5.41, 5.74) is 0. The average molecular weight is 271 g/mol. The van der Waals surface area contributed by atoms with Crippen molar-refractivity contribution in [2.75, 3.05) is 7.11 Å². The monoisotopic (exact) mass is 271 g/mol. The van der Waals surface area contributed by atoms with E-state index in [1.165, 1.54) is 64.9 Å². The Morgan fingerprint density at radius 3 is 1.84 bits per heavy atom. The van der Waals surface area contributed by atoms with Gasteiger partial charge in [-0.2, -0.15) is 0 Å². The van der Waals surface area contributed by atoms with Crippen LogP contribution in [0.5, 0.6) is 0 Å². The van der Waals surface area contributed by atoms with E-state index < -0.39 is 0 Å². The lowest BCUT2D eigenvalue weighted by atomic mass is 10.0. The Morgan fingerprint density at radius 1 is 0.842 bits per heavy atom. The maximum absolute atomic E-state index is 10.9. The van der Waals surface area contributed by atoms with Crippen molar-refractivity contribution in [1.29, 1.82) is 0 Å². The zero-order valence-corrected chi connectivity index (χ0v) is 13.1. The molecule has 0 heterocycles. The molecule has 0 saturated carbocycles. The molecule has 0 rings (SSSR count). The zero-order valence-electron chi connectivity index (χ0n) is 14.1. The van der Waals surface area contributed by atoms with E-state index >= 15 is 0 Å². The number of carbonyl (C=O) groups is 1. The molecule has 0 fully saturated rings. The Hall–Kier alpha value is -0.530. The first kappa shape index (κ1) is 16.5. The fraction of sp³-hybridized carbons (Fsp3) is 0.941. The number of carbonyl (C=O) groups excluding carboxylic acids is 1. The van der Waals surface area contributed by atoms with Crippen molar-refractivity contribution >= 4 is 5.97 Å². The van der Waals surface area contributed by atoms with Crippen LogP contribution in [0.1, 0.15) is 98.2 Å². The van der Waals surface area contributed by atoms with Crippen molar-refractivity contribution in [2.45, 2.75) is 96.8 Å². The van der Waals surface area contributed by atoms with E-state index in [1.54, 1.807) is 0 Å². The zero-order chi connectivity index (χ0) is 15.1. The highest BCUT2D eigenvalue weighted by molar-refractivity contribution is 5.68. The number of hydrogen-bond acceptors (Lipinski definition) is 2. The molecule has 0 aromatic heterocycles. The average Bonchev–Trinajstić information content (AvgIpc) is 2.45. The van der Waals surface area contributed by atoms with Crippen LogP contribution >= 0.6 is 0 Å². The summed E-state index contributed by atoms with van der Waals surface area (Å²) in [6, 6.07) is 0. The van der Waals surface area contributed by atoms with E-state index in [9.17, 15) is 4.79 Å². The smallest absolute Gasteiger partial charge is 0.305 e. The van der Waals surface area contributed by atoms with Crippen LogP contribution in [-0.4, -0.2) is 13.1 Å². The summed E-state index contributed by atoms with van der Waals surface area (Å²) in [7, 11) is 1.42. The highest BCUT2D eigenvalue weighted by Crippen LogP contribution is 2.12. The Labute approximate surface area is 121 Å². The standard InChI is InChI=1S/C17H34O2/c1-3-4-5-6-7-8-9-10-11-12-13-14-15-16-17(18)19-2/h3-16H2,1-2H3/i13D/t13-/m1/s1. The second-order valence-corrected chi connectivity index (χ2v) is 5.37. The van der Waals surface area contributed by atoms with E-state index in [0.717, 1.165) is 19.3 Å². The number of methoxy groups -OCH3 is 1. The van der Waals surface area contributed by atoms with Crippen molar-refractivity contribution < 1.29 is 10.9 Å². The normalized spacial score (nSPS) is 13.1. The van der Waals surface area contributed by atoms with Gasteiger partial charge in [-0.25, -0.2) is 0 Å². The minimum Gasteiger partial charge on any atom is -0.469 e. The Kier molecular flexibility index (Phi) is 13.5. The molecular weight excluding hydrogens is 236 g/mol. The largest absolute Gasteiger partial charge is 0.469 e. The minimum absolute atomic E-state index is 0.00390. The van der Waals surface area contributed by atoms with Crippen molar-refractivity contribution in [1.82, 2.24) is 0 Å². The van der Waals surface area contributed by atoms with Crippen LogP contribution < -0.4 is 0 Å². The molecule has 0 aromatic rings. The fourth-order valence-corrected chi connectivity index (χ4v) is 2.24. The van der Waals surface area contributed by atoms with Crippen LogP contribution in [-0.2, 0) is 9.53 Å². The van der Waals surface area contributed by atoms with Gasteiger partial charge < -0.3 is 4.74 Å². The van der Waals surface area contributed by atoms with E-state index in [-0.39, 0.29) is 12.4 Å². The molecule has 0 amide bonds. The quantitative estimate of drug-likeness (QED) is 0.302. The Balaban J connectivity index is 3.19. The van der Waals surface area contributed by atoms with Gasteiger partial charge in [0.2, 0.25) is 0 Å². The topological polar surface area (TPSA) is 26.3 Å². The number of rotatable bonds is 14. The van der Waals surface area contributed by atoms with Crippen LogP contribution in [0.25, 0.3) is 0 Å². The third-order valence-corrected chi connectivity index (χ3v) is 3.53. The van der Waals surface area contributed by atoms with E-state index in [1.807, 2.05) is 0 Å². The van der Waals surface area contributed by atoms with Gasteiger partial charge in [-0.05, 0) is 6.42 Å². The van der Waals surface area contributed by atoms with Gasteiger partial charge in [0.25, 0.3) is 0 Å². The van der Waals surface area contributed by atoms with Crippen molar-refractivity contribution in [3.63, 3.8) is 0 Å². The van der Waals surface area contributed by atoms with Gasteiger partial charge in [-0.3, -0.25) is 4.79 Å². The predicted octanol–water partition coefficient (Wildman–Crippen LogP) is 5.64. The summed E-state index contributed by atoms with van der Waals surface area (Å²) < 4.78 is 12.5. The molecule has 0 bridgehead atoms. The molecule has 0 aliphatic carbocycles. The molecule has 2 nitrogen and oxygen atoms in total. The number of unbranched alkanes of at least 4 members (excludes halogenated alkanes) is 8. The van der Waals surface area contributed by atoms with Crippen LogP contribution in [0.2, 0.25) is 0 Å². The summed E-state index contributed by atoms with van der Waals surface area (Å²) in [5, 5.41) is 0. The van der Waals surface area contributed by atoms with Gasteiger partial charge in [0.1, 0.15) is 0 Å². The van der Waals surface area contributed by atoms with Gasteiger partial charge in [0, 0.05) is 7.79 Å². The molecule has 2 heteroatoms. The van der Waals surface area contributed by atoms with E-state index in [0.29, 0.717) is 6.42 Å². The molecule has 0 N–H and O–H groups in total. The first-order valence-electron chi connectivity index (χ1n) is 8.77. The third kappa shape index (κ3) is 15.4. The fourth-order valence-electron chi connectivity index (χ4n) is 2.24. The minimum atomic E-state index is -0.153. The van der Waals surface area contributed by atoms with E-state index in [2.05, 4.69) is 11.7 Å². The SMILES string of the molecule is [2H][C@H](CCCCCCCCCCC)CCCC(=O)OC. The van der Waals surface area contributed by atoms with Gasteiger partial charge in [0.15, 0.2) is 0 Å². The number of ether oxygens (including phenoxy) is 1. The van der Waals surface area contributed by atoms with Crippen molar-refractivity contribution in [2.24, 2.45) is 0 Å². The lowest BCUT2D eigenvalue weighted by Gasteiger charge is -2.03. The molecule has 19 heavy (non-hydrogen) atoms. The summed E-state index contributed by atoms with van der Waals surface area (Å²) >= 11 is 0. The van der Waals surface area contributed by atoms with Gasteiger partial charge >= 0.3 is 5.97 Å². The number of esters is 1. The highest BCUT2D eigenvalue weighted by atomic mass is 16.5. The molecule has 0 aromatic carbocycles. The van der Waals surface area contributed by atoms with E-state index in [4.69, 9.17) is 1.37 Å². The molecule has 0 saturated heterocycles. The van der Waals surface area contributed by atoms with Crippen LogP contribution in [0.15, 0.2) is 0 Å². The Bertz CT molecular complexity index is 219. The molecule has 0 aliphatic heterocycles. The molecule has 0 aliphatic rings. The van der Waals surface area contributed by atoms with Gasteiger partial charge in [-0.15, -0.1) is 0 Å². The first-order chi connectivity index (χ1) is 9.70. The first-order valence-corrected chi connectivity index (χ1v) is 8.19. The molecule has 114 valence electrons. The van der Waals surface area contributed by atoms with Crippen molar-refractivity contribution in [3.8, 4) is 0 Å². The Morgan fingerprint density at radius 2 is 1.32 bits per heavy atom. The number of hydrogen-bond donors (Lipinski definition) is 0. The van der Waals surface area contributed by atoms with Crippen molar-refractivity contribution in [3.05, 3.63) is 0 Å². The second kappa shape index (κ2) is 15.5. The summed E-state index contributed by atoms with van der Waals surface area (Å²) in [6.45, 7) is 2.25. The summed E-state index contributed by atoms with van der Waals surface area (Å²) in [5.74, 6) is -0.153. The molecule has 0 radical (unpaired) electrons. The lowest BCUT2D eigenvalue weighted by molar-refractivity contribution is -0.140. The lowest BCUT2D eigenvalue weighted by Crippen LogP contribution is -1.99. The third-order valence-electron chi connectivity index (χ3n) is 3.53.